The Labute approximate surface area is 119 Å². The molecule has 0 aliphatic heterocycles. The largest absolute Gasteiger partial charge is 0.339 e. The van der Waals surface area contributed by atoms with Crippen LogP contribution in [0.3, 0.4) is 0 Å². The lowest BCUT2D eigenvalue weighted by molar-refractivity contribution is 0.349. The molecule has 0 N–H and O–H groups in total. The van der Waals surface area contributed by atoms with Gasteiger partial charge in [-0.1, -0.05) is 42.4 Å². The second kappa shape index (κ2) is 5.87. The zero-order valence-corrected chi connectivity index (χ0v) is 12.1. The molecule has 0 aliphatic carbocycles. The van der Waals surface area contributed by atoms with Crippen LogP contribution in [0.25, 0.3) is 0 Å². The minimum Gasteiger partial charge on any atom is -0.339 e. The van der Waals surface area contributed by atoms with Crippen molar-refractivity contribution in [2.24, 2.45) is 5.92 Å². The van der Waals surface area contributed by atoms with Gasteiger partial charge in [0.25, 0.3) is 0 Å². The molecule has 20 heavy (non-hydrogen) atoms. The van der Waals surface area contributed by atoms with Crippen molar-refractivity contribution in [3.63, 3.8) is 0 Å². The summed E-state index contributed by atoms with van der Waals surface area (Å²) in [6.07, 6.45) is 1.14. The Morgan fingerprint density at radius 1 is 1.30 bits per heavy atom. The van der Waals surface area contributed by atoms with Gasteiger partial charge in [0, 0.05) is 12.8 Å². The van der Waals surface area contributed by atoms with Crippen molar-refractivity contribution in [2.45, 2.75) is 39.0 Å². The Morgan fingerprint density at radius 2 is 2.00 bits per heavy atom. The third-order valence-electron chi connectivity index (χ3n) is 3.49. The summed E-state index contributed by atoms with van der Waals surface area (Å²) in [6.45, 7) is 6.17. The SMILES string of the molecule is CC(CC#N)Cc1nc(C(C)(C)c2ccccc2)no1. The average Bonchev–Trinajstić information content (AvgIpc) is 2.89. The normalized spacial score (nSPS) is 12.9. The van der Waals surface area contributed by atoms with Gasteiger partial charge in [0.15, 0.2) is 5.82 Å². The van der Waals surface area contributed by atoms with E-state index in [9.17, 15) is 0 Å². The van der Waals surface area contributed by atoms with Gasteiger partial charge in [-0.15, -0.1) is 0 Å². The van der Waals surface area contributed by atoms with Gasteiger partial charge in [-0.25, -0.2) is 0 Å². The minimum absolute atomic E-state index is 0.230. The predicted octanol–water partition coefficient (Wildman–Crippen LogP) is 3.49. The summed E-state index contributed by atoms with van der Waals surface area (Å²) in [5.41, 5.74) is 0.860. The first kappa shape index (κ1) is 14.3. The van der Waals surface area contributed by atoms with Crippen molar-refractivity contribution in [3.05, 3.63) is 47.6 Å². The van der Waals surface area contributed by atoms with Gasteiger partial charge in [-0.05, 0) is 25.3 Å². The summed E-state index contributed by atoms with van der Waals surface area (Å²) < 4.78 is 5.32. The van der Waals surface area contributed by atoms with Crippen molar-refractivity contribution in [1.29, 1.82) is 5.26 Å². The molecule has 1 atom stereocenters. The Morgan fingerprint density at radius 3 is 2.65 bits per heavy atom. The molecule has 0 spiro atoms. The molecule has 2 aromatic rings. The molecule has 0 bridgehead atoms. The van der Waals surface area contributed by atoms with Crippen LogP contribution >= 0.6 is 0 Å². The van der Waals surface area contributed by atoms with Crippen LogP contribution < -0.4 is 0 Å². The van der Waals surface area contributed by atoms with E-state index in [0.29, 0.717) is 24.6 Å². The fraction of sp³-hybridized carbons (Fsp3) is 0.438. The van der Waals surface area contributed by atoms with Crippen molar-refractivity contribution < 1.29 is 4.52 Å². The highest BCUT2D eigenvalue weighted by molar-refractivity contribution is 5.30. The monoisotopic (exact) mass is 269 g/mol. The van der Waals surface area contributed by atoms with Crippen molar-refractivity contribution in [1.82, 2.24) is 10.1 Å². The van der Waals surface area contributed by atoms with E-state index in [0.717, 1.165) is 5.56 Å². The van der Waals surface area contributed by atoms with Gasteiger partial charge in [-0.3, -0.25) is 0 Å². The van der Waals surface area contributed by atoms with Gasteiger partial charge >= 0.3 is 0 Å². The highest BCUT2D eigenvalue weighted by Crippen LogP contribution is 2.29. The van der Waals surface area contributed by atoms with Gasteiger partial charge < -0.3 is 4.52 Å². The zero-order chi connectivity index (χ0) is 14.6. The molecular weight excluding hydrogens is 250 g/mol. The van der Waals surface area contributed by atoms with Gasteiger partial charge in [0.1, 0.15) is 0 Å². The summed E-state index contributed by atoms with van der Waals surface area (Å²) in [5, 5.41) is 12.8. The fourth-order valence-corrected chi connectivity index (χ4v) is 2.10. The lowest BCUT2D eigenvalue weighted by Crippen LogP contribution is -2.20. The van der Waals surface area contributed by atoms with E-state index in [1.165, 1.54) is 0 Å². The van der Waals surface area contributed by atoms with E-state index in [-0.39, 0.29) is 11.3 Å². The Hall–Kier alpha value is -2.15. The molecule has 1 heterocycles. The molecule has 1 aromatic carbocycles. The molecule has 2 rings (SSSR count). The Kier molecular flexibility index (Phi) is 4.19. The number of rotatable bonds is 5. The highest BCUT2D eigenvalue weighted by Gasteiger charge is 2.28. The maximum atomic E-state index is 8.68. The molecule has 0 radical (unpaired) electrons. The van der Waals surface area contributed by atoms with Crippen LogP contribution in [0.4, 0.5) is 0 Å². The predicted molar refractivity (Wildman–Crippen MR) is 76.0 cm³/mol. The van der Waals surface area contributed by atoms with Crippen LogP contribution in [-0.2, 0) is 11.8 Å². The smallest absolute Gasteiger partial charge is 0.226 e. The lowest BCUT2D eigenvalue weighted by Gasteiger charge is -2.20. The number of nitriles is 1. The first-order valence-corrected chi connectivity index (χ1v) is 6.79. The van der Waals surface area contributed by atoms with E-state index >= 15 is 0 Å². The summed E-state index contributed by atoms with van der Waals surface area (Å²) in [6, 6.07) is 12.3. The van der Waals surface area contributed by atoms with E-state index in [1.54, 1.807) is 0 Å². The standard InChI is InChI=1S/C16H19N3O/c1-12(9-10-17)11-14-18-15(19-20-14)16(2,3)13-7-5-4-6-8-13/h4-8,12H,9,11H2,1-3H3. The number of hydrogen-bond acceptors (Lipinski definition) is 4. The van der Waals surface area contributed by atoms with Crippen LogP contribution in [0.1, 0.15) is 44.5 Å². The first-order valence-electron chi connectivity index (χ1n) is 6.79. The summed E-state index contributed by atoms with van der Waals surface area (Å²) in [5.74, 6) is 1.52. The van der Waals surface area contributed by atoms with Crippen LogP contribution in [0.2, 0.25) is 0 Å². The number of nitrogens with zero attached hydrogens (tertiary/aromatic N) is 3. The molecule has 104 valence electrons. The number of aromatic nitrogens is 2. The van der Waals surface area contributed by atoms with Gasteiger partial charge in [-0.2, -0.15) is 10.2 Å². The van der Waals surface area contributed by atoms with Crippen LogP contribution in [-0.4, -0.2) is 10.1 Å². The molecule has 1 aromatic heterocycles. The lowest BCUT2D eigenvalue weighted by atomic mass is 9.84. The molecule has 4 nitrogen and oxygen atoms in total. The van der Waals surface area contributed by atoms with Crippen LogP contribution in [0, 0.1) is 17.2 Å². The molecule has 1 unspecified atom stereocenters. The maximum absolute atomic E-state index is 8.68. The van der Waals surface area contributed by atoms with E-state index in [4.69, 9.17) is 9.78 Å². The molecule has 0 amide bonds. The summed E-state index contributed by atoms with van der Waals surface area (Å²) in [4.78, 5) is 4.49. The van der Waals surface area contributed by atoms with Crippen molar-refractivity contribution >= 4 is 0 Å². The third-order valence-corrected chi connectivity index (χ3v) is 3.49. The second-order valence-corrected chi connectivity index (χ2v) is 5.67. The quantitative estimate of drug-likeness (QED) is 0.833. The molecule has 0 saturated heterocycles. The minimum atomic E-state index is -0.290. The topological polar surface area (TPSA) is 62.7 Å². The zero-order valence-electron chi connectivity index (χ0n) is 12.1. The molecule has 0 aliphatic rings. The van der Waals surface area contributed by atoms with E-state index in [2.05, 4.69) is 42.2 Å². The fourth-order valence-electron chi connectivity index (χ4n) is 2.10. The first-order chi connectivity index (χ1) is 9.54. The molecule has 0 fully saturated rings. The van der Waals surface area contributed by atoms with Gasteiger partial charge in [0.05, 0.1) is 11.5 Å². The average molecular weight is 269 g/mol. The second-order valence-electron chi connectivity index (χ2n) is 5.67. The van der Waals surface area contributed by atoms with E-state index < -0.39 is 0 Å². The van der Waals surface area contributed by atoms with Crippen LogP contribution in [0.5, 0.6) is 0 Å². The van der Waals surface area contributed by atoms with Crippen molar-refractivity contribution in [2.75, 3.05) is 0 Å². The molecule has 4 heteroatoms. The third kappa shape index (κ3) is 3.05. The molecule has 0 saturated carbocycles. The number of hydrogen-bond donors (Lipinski definition) is 0. The maximum Gasteiger partial charge on any atom is 0.226 e. The van der Waals surface area contributed by atoms with Gasteiger partial charge in [0.2, 0.25) is 5.89 Å². The summed E-state index contributed by atoms with van der Waals surface area (Å²) in [7, 11) is 0. The Bertz CT molecular complexity index is 596. The molecular formula is C16H19N3O. The van der Waals surface area contributed by atoms with E-state index in [1.807, 2.05) is 25.1 Å². The van der Waals surface area contributed by atoms with Crippen molar-refractivity contribution in [3.8, 4) is 6.07 Å². The highest BCUT2D eigenvalue weighted by atomic mass is 16.5. The van der Waals surface area contributed by atoms with Crippen LogP contribution in [0.15, 0.2) is 34.9 Å². The number of benzene rings is 1. The Balaban J connectivity index is 2.18. The summed E-state index contributed by atoms with van der Waals surface area (Å²) >= 11 is 0.